The molecule has 7 nitrogen and oxygen atoms in total. The Balaban J connectivity index is 1.02. The first-order valence-electron chi connectivity index (χ1n) is 12.3. The lowest BCUT2D eigenvalue weighted by Gasteiger charge is -2.70. The van der Waals surface area contributed by atoms with E-state index in [0.717, 1.165) is 24.8 Å². The highest BCUT2D eigenvalue weighted by molar-refractivity contribution is 6.30. The molecule has 36 heavy (non-hydrogen) atoms. The summed E-state index contributed by atoms with van der Waals surface area (Å²) < 4.78 is 45.8. The summed E-state index contributed by atoms with van der Waals surface area (Å²) in [5.74, 6) is 0.465. The van der Waals surface area contributed by atoms with Gasteiger partial charge in [0, 0.05) is 28.7 Å². The molecule has 2 N–H and O–H groups in total. The third kappa shape index (κ3) is 4.26. The molecule has 3 aliphatic carbocycles. The molecule has 0 unspecified atom stereocenters. The normalized spacial score (nSPS) is 32.1. The van der Waals surface area contributed by atoms with Gasteiger partial charge in [-0.1, -0.05) is 11.6 Å². The molecule has 5 aliphatic rings. The van der Waals surface area contributed by atoms with Crippen LogP contribution in [-0.4, -0.2) is 63.1 Å². The van der Waals surface area contributed by atoms with Gasteiger partial charge in [0.2, 0.25) is 0 Å². The highest BCUT2D eigenvalue weighted by atomic mass is 35.5. The van der Waals surface area contributed by atoms with Crippen molar-refractivity contribution in [1.29, 1.82) is 0 Å². The van der Waals surface area contributed by atoms with Crippen LogP contribution in [0, 0.1) is 0 Å². The molecule has 1 aromatic heterocycles. The number of aliphatic hydroxyl groups is 1. The monoisotopic (exact) mass is 524 g/mol. The summed E-state index contributed by atoms with van der Waals surface area (Å²) in [6.45, 7) is 0.0256. The number of likely N-dealkylation sites (tertiary alicyclic amines) is 1. The van der Waals surface area contributed by atoms with Gasteiger partial charge in [-0.25, -0.2) is 0 Å². The van der Waals surface area contributed by atoms with Crippen molar-refractivity contribution in [2.45, 2.75) is 73.9 Å². The number of halogens is 4. The average Bonchev–Trinajstić information content (AvgIpc) is 3.24. The number of carbonyl (C=O) groups excluding carboxylic acids is 1. The van der Waals surface area contributed by atoms with Gasteiger partial charge in [-0.05, 0) is 74.9 Å². The van der Waals surface area contributed by atoms with Gasteiger partial charge >= 0.3 is 6.18 Å². The molecule has 3 saturated carbocycles. The van der Waals surface area contributed by atoms with Crippen LogP contribution in [0.2, 0.25) is 5.02 Å². The van der Waals surface area contributed by atoms with Crippen molar-refractivity contribution in [3.8, 4) is 5.75 Å². The molecule has 11 heteroatoms. The maximum absolute atomic E-state index is 12.9. The van der Waals surface area contributed by atoms with Crippen LogP contribution in [0.5, 0.6) is 5.75 Å². The standard InChI is InChI=1S/C25H28ClF3N4O3/c26-17-1-2-20-18(7-17)19(34)8-21(36-20)22(35)31-23-11-24(12-23,13-23)33-10-16(9-30-33)15-3-5-32(6-4-15)14-25(27,28)29/h1-2,7,9-10,15,19,21,34H,3-6,8,11-14H2,(H,31,35)/t19-,21-,23?,24?/m1/s1. The van der Waals surface area contributed by atoms with Gasteiger partial charge < -0.3 is 15.2 Å². The first kappa shape index (κ1) is 24.1. The van der Waals surface area contributed by atoms with Crippen molar-refractivity contribution in [1.82, 2.24) is 20.0 Å². The summed E-state index contributed by atoms with van der Waals surface area (Å²) in [4.78, 5) is 14.4. The van der Waals surface area contributed by atoms with E-state index in [0.29, 0.717) is 42.3 Å². The molecular weight excluding hydrogens is 497 g/mol. The molecule has 2 aromatic rings. The summed E-state index contributed by atoms with van der Waals surface area (Å²) in [6.07, 6.45) is 2.03. The number of hydrogen-bond donors (Lipinski definition) is 2. The molecule has 2 atom stereocenters. The zero-order valence-corrected chi connectivity index (χ0v) is 20.4. The van der Waals surface area contributed by atoms with Crippen molar-refractivity contribution in [3.05, 3.63) is 46.7 Å². The van der Waals surface area contributed by atoms with E-state index in [1.54, 1.807) is 18.2 Å². The molecular formula is C25H28ClF3N4O3. The second kappa shape index (κ2) is 8.36. The van der Waals surface area contributed by atoms with Crippen molar-refractivity contribution < 1.29 is 27.8 Å². The fourth-order valence-electron chi connectivity index (χ4n) is 6.52. The fraction of sp³-hybridized carbons (Fsp3) is 0.600. The van der Waals surface area contributed by atoms with E-state index in [-0.39, 0.29) is 29.3 Å². The minimum absolute atomic E-state index is 0.112. The lowest BCUT2D eigenvalue weighted by atomic mass is 9.44. The lowest BCUT2D eigenvalue weighted by molar-refractivity contribution is -0.165. The Hall–Kier alpha value is -2.30. The van der Waals surface area contributed by atoms with Crippen LogP contribution < -0.4 is 10.1 Å². The van der Waals surface area contributed by atoms with E-state index in [1.807, 2.05) is 17.1 Å². The number of aromatic nitrogens is 2. The number of carbonyl (C=O) groups is 1. The van der Waals surface area contributed by atoms with Gasteiger partial charge in [0.1, 0.15) is 5.75 Å². The third-order valence-corrected chi connectivity index (χ3v) is 8.51. The Morgan fingerprint density at radius 2 is 1.97 bits per heavy atom. The molecule has 4 fully saturated rings. The highest BCUT2D eigenvalue weighted by Crippen LogP contribution is 2.65. The third-order valence-electron chi connectivity index (χ3n) is 8.27. The van der Waals surface area contributed by atoms with Gasteiger partial charge in [-0.3, -0.25) is 14.4 Å². The zero-order valence-electron chi connectivity index (χ0n) is 19.6. The number of fused-ring (bicyclic) bond motifs is 1. The number of ether oxygens (including phenoxy) is 1. The molecule has 0 spiro atoms. The number of piperidine rings is 1. The van der Waals surface area contributed by atoms with Crippen LogP contribution in [0.4, 0.5) is 13.2 Å². The predicted octanol–water partition coefficient (Wildman–Crippen LogP) is 3.91. The largest absolute Gasteiger partial charge is 0.480 e. The highest BCUT2D eigenvalue weighted by Gasteiger charge is 2.70. The Labute approximate surface area is 211 Å². The maximum atomic E-state index is 12.9. The predicted molar refractivity (Wildman–Crippen MR) is 125 cm³/mol. The summed E-state index contributed by atoms with van der Waals surface area (Å²) in [5.41, 5.74) is 1.28. The van der Waals surface area contributed by atoms with E-state index in [9.17, 15) is 23.1 Å². The average molecular weight is 525 g/mol. The van der Waals surface area contributed by atoms with Crippen molar-refractivity contribution in [2.75, 3.05) is 19.6 Å². The topological polar surface area (TPSA) is 79.6 Å². The summed E-state index contributed by atoms with van der Waals surface area (Å²) in [7, 11) is 0. The Morgan fingerprint density at radius 1 is 1.25 bits per heavy atom. The molecule has 1 aromatic carbocycles. The van der Waals surface area contributed by atoms with Gasteiger partial charge in [0.25, 0.3) is 5.91 Å². The number of hydrogen-bond acceptors (Lipinski definition) is 5. The van der Waals surface area contributed by atoms with Gasteiger partial charge in [0.05, 0.1) is 24.4 Å². The molecule has 3 heterocycles. The van der Waals surface area contributed by atoms with Crippen molar-refractivity contribution >= 4 is 17.5 Å². The second-order valence-electron chi connectivity index (χ2n) is 10.9. The Kier molecular flexibility index (Phi) is 5.59. The fourth-order valence-corrected chi connectivity index (χ4v) is 6.70. The quantitative estimate of drug-likeness (QED) is 0.620. The van der Waals surface area contributed by atoms with Crippen LogP contribution in [0.1, 0.15) is 61.7 Å². The Morgan fingerprint density at radius 3 is 2.67 bits per heavy atom. The number of aliphatic hydroxyl groups excluding tert-OH is 1. The number of alkyl halides is 3. The summed E-state index contributed by atoms with van der Waals surface area (Å²) in [6, 6.07) is 5.00. The van der Waals surface area contributed by atoms with Crippen LogP contribution in [0.25, 0.3) is 0 Å². The first-order chi connectivity index (χ1) is 17.0. The van der Waals surface area contributed by atoms with Crippen LogP contribution in [-0.2, 0) is 10.3 Å². The lowest BCUT2D eigenvalue weighted by Crippen LogP contribution is -2.79. The summed E-state index contributed by atoms with van der Waals surface area (Å²) in [5, 5.41) is 18.7. The van der Waals surface area contributed by atoms with Crippen molar-refractivity contribution in [2.24, 2.45) is 0 Å². The smallest absolute Gasteiger partial charge is 0.401 e. The number of rotatable bonds is 5. The van der Waals surface area contributed by atoms with E-state index in [2.05, 4.69) is 10.4 Å². The van der Waals surface area contributed by atoms with Crippen LogP contribution >= 0.6 is 11.6 Å². The number of benzene rings is 1. The molecule has 7 rings (SSSR count). The molecule has 2 aliphatic heterocycles. The van der Waals surface area contributed by atoms with Crippen molar-refractivity contribution in [3.63, 3.8) is 0 Å². The zero-order chi connectivity index (χ0) is 25.3. The van der Waals surface area contributed by atoms with E-state index in [4.69, 9.17) is 16.3 Å². The molecule has 0 radical (unpaired) electrons. The van der Waals surface area contributed by atoms with Crippen LogP contribution in [0.3, 0.4) is 0 Å². The van der Waals surface area contributed by atoms with Gasteiger partial charge in [-0.2, -0.15) is 18.3 Å². The number of amides is 1. The minimum atomic E-state index is -4.16. The summed E-state index contributed by atoms with van der Waals surface area (Å²) >= 11 is 6.00. The van der Waals surface area contributed by atoms with E-state index in [1.165, 1.54) is 4.90 Å². The van der Waals surface area contributed by atoms with Crippen LogP contribution in [0.15, 0.2) is 30.6 Å². The minimum Gasteiger partial charge on any atom is -0.480 e. The molecule has 1 saturated heterocycles. The number of nitrogens with one attached hydrogen (secondary N) is 1. The van der Waals surface area contributed by atoms with Gasteiger partial charge in [0.15, 0.2) is 6.10 Å². The molecule has 1 amide bonds. The van der Waals surface area contributed by atoms with Gasteiger partial charge in [-0.15, -0.1) is 0 Å². The Bertz CT molecular complexity index is 1160. The number of nitrogens with zero attached hydrogens (tertiary/aromatic N) is 3. The second-order valence-corrected chi connectivity index (χ2v) is 11.4. The molecule has 194 valence electrons. The van der Waals surface area contributed by atoms with E-state index < -0.39 is 24.9 Å². The first-order valence-corrected chi connectivity index (χ1v) is 12.7. The molecule has 2 bridgehead atoms. The SMILES string of the molecule is O=C(NC12CC(n3cc(C4CCN(CC(F)(F)F)CC4)cn3)(C1)C2)[C@H]1C[C@@H](O)c2cc(Cl)ccc2O1. The maximum Gasteiger partial charge on any atom is 0.401 e. The van der Waals surface area contributed by atoms with E-state index >= 15 is 0 Å².